The van der Waals surface area contributed by atoms with Crippen LogP contribution in [0.4, 0.5) is 5.69 Å². The molecular formula is C8H6NO3. The van der Waals surface area contributed by atoms with Crippen molar-refractivity contribution >= 4 is 5.69 Å². The van der Waals surface area contributed by atoms with Crippen LogP contribution in [-0.2, 0) is 0 Å². The molecule has 4 heteroatoms. The maximum Gasteiger partial charge on any atom is 0.269 e. The Bertz CT molecular complexity index is 335. The Balaban J connectivity index is 2.45. The Labute approximate surface area is 68.9 Å². The van der Waals surface area contributed by atoms with Gasteiger partial charge in [-0.25, -0.2) is 0 Å². The normalized spacial score (nSPS) is 13.7. The van der Waals surface area contributed by atoms with Crippen molar-refractivity contribution < 1.29 is 9.66 Å². The summed E-state index contributed by atoms with van der Waals surface area (Å²) in [6.07, 6.45) is 1.82. The van der Waals surface area contributed by atoms with Crippen LogP contribution in [0.5, 0.6) is 5.75 Å². The third-order valence-electron chi connectivity index (χ3n) is 1.75. The molecule has 1 aromatic rings. The summed E-state index contributed by atoms with van der Waals surface area (Å²) in [6.45, 7) is 0.510. The van der Waals surface area contributed by atoms with Crippen LogP contribution in [0.3, 0.4) is 0 Å². The first-order chi connectivity index (χ1) is 5.77. The lowest BCUT2D eigenvalue weighted by Gasteiger charge is -1.96. The smallest absolute Gasteiger partial charge is 0.269 e. The molecule has 0 saturated heterocycles. The van der Waals surface area contributed by atoms with Gasteiger partial charge in [0.05, 0.1) is 11.5 Å². The topological polar surface area (TPSA) is 52.4 Å². The highest BCUT2D eigenvalue weighted by molar-refractivity contribution is 5.49. The number of rotatable bonds is 1. The molecule has 1 radical (unpaired) electrons. The average Bonchev–Trinajstić information content (AvgIpc) is 2.49. The van der Waals surface area contributed by atoms with E-state index in [2.05, 4.69) is 0 Å². The van der Waals surface area contributed by atoms with E-state index in [0.29, 0.717) is 6.61 Å². The molecule has 0 bridgehead atoms. The second-order valence-electron chi connectivity index (χ2n) is 2.49. The van der Waals surface area contributed by atoms with Crippen molar-refractivity contribution in [3.63, 3.8) is 0 Å². The van der Waals surface area contributed by atoms with Gasteiger partial charge < -0.3 is 4.74 Å². The molecule has 2 rings (SSSR count). The summed E-state index contributed by atoms with van der Waals surface area (Å²) in [4.78, 5) is 9.94. The summed E-state index contributed by atoms with van der Waals surface area (Å²) in [5.74, 6) is 0.723. The molecule has 0 saturated carbocycles. The number of nitrogens with zero attached hydrogens (tertiary/aromatic N) is 1. The zero-order valence-corrected chi connectivity index (χ0v) is 6.19. The molecule has 0 aliphatic carbocycles. The summed E-state index contributed by atoms with van der Waals surface area (Å²) in [5.41, 5.74) is 0.916. The highest BCUT2D eigenvalue weighted by Gasteiger charge is 2.16. The summed E-state index contributed by atoms with van der Waals surface area (Å²) < 4.78 is 5.16. The van der Waals surface area contributed by atoms with Gasteiger partial charge in [-0.1, -0.05) is 0 Å². The monoisotopic (exact) mass is 164 g/mol. The lowest BCUT2D eigenvalue weighted by atomic mass is 10.1. The molecule has 0 N–H and O–H groups in total. The maximum absolute atomic E-state index is 10.4. The molecule has 0 aromatic heterocycles. The Morgan fingerprint density at radius 3 is 3.08 bits per heavy atom. The minimum absolute atomic E-state index is 0.107. The first kappa shape index (κ1) is 7.09. The molecule has 0 unspecified atom stereocenters. The minimum atomic E-state index is -0.410. The van der Waals surface area contributed by atoms with Crippen molar-refractivity contribution in [2.75, 3.05) is 6.61 Å². The van der Waals surface area contributed by atoms with Gasteiger partial charge in [-0.3, -0.25) is 10.1 Å². The van der Waals surface area contributed by atoms with Crippen LogP contribution in [0, 0.1) is 16.5 Å². The summed E-state index contributed by atoms with van der Waals surface area (Å²) in [7, 11) is 0. The molecular weight excluding hydrogens is 158 g/mol. The predicted octanol–water partition coefficient (Wildman–Crippen LogP) is 1.54. The molecule has 12 heavy (non-hydrogen) atoms. The minimum Gasteiger partial charge on any atom is -0.493 e. The predicted molar refractivity (Wildman–Crippen MR) is 42.0 cm³/mol. The quantitative estimate of drug-likeness (QED) is 0.467. The fraction of sp³-hybridized carbons (Fsp3) is 0.125. The fourth-order valence-corrected chi connectivity index (χ4v) is 1.16. The largest absolute Gasteiger partial charge is 0.493 e. The van der Waals surface area contributed by atoms with Crippen LogP contribution < -0.4 is 4.74 Å². The standard InChI is InChI=1S/C8H6NO3/c10-9(11)7-1-2-8-6(5-7)3-4-12-8/h1-3,5H,4H2. The molecule has 0 spiro atoms. The van der Waals surface area contributed by atoms with E-state index in [9.17, 15) is 10.1 Å². The lowest BCUT2D eigenvalue weighted by molar-refractivity contribution is -0.384. The summed E-state index contributed by atoms with van der Waals surface area (Å²) in [6, 6.07) is 4.58. The van der Waals surface area contributed by atoms with Crippen molar-refractivity contribution in [2.24, 2.45) is 0 Å². The van der Waals surface area contributed by atoms with Crippen molar-refractivity contribution in [1.29, 1.82) is 0 Å². The molecule has 1 aliphatic rings. The number of nitro groups is 1. The van der Waals surface area contributed by atoms with Gasteiger partial charge in [0.2, 0.25) is 0 Å². The molecule has 4 nitrogen and oxygen atoms in total. The molecule has 0 fully saturated rings. The zero-order chi connectivity index (χ0) is 8.55. The maximum atomic E-state index is 10.4. The number of nitro benzene ring substituents is 1. The Hall–Kier alpha value is -1.58. The number of benzene rings is 1. The molecule has 0 amide bonds. The third kappa shape index (κ3) is 1.01. The van der Waals surface area contributed by atoms with Crippen LogP contribution in [0.2, 0.25) is 0 Å². The number of hydrogen-bond acceptors (Lipinski definition) is 3. The van der Waals surface area contributed by atoms with Crippen molar-refractivity contribution in [2.45, 2.75) is 0 Å². The highest BCUT2D eigenvalue weighted by Crippen LogP contribution is 2.29. The zero-order valence-electron chi connectivity index (χ0n) is 6.19. The van der Waals surface area contributed by atoms with E-state index in [1.54, 1.807) is 6.07 Å². The molecule has 61 valence electrons. The third-order valence-corrected chi connectivity index (χ3v) is 1.75. The van der Waals surface area contributed by atoms with Crippen molar-refractivity contribution in [1.82, 2.24) is 0 Å². The summed E-state index contributed by atoms with van der Waals surface area (Å²) >= 11 is 0. The Morgan fingerprint density at radius 1 is 1.50 bits per heavy atom. The van der Waals surface area contributed by atoms with E-state index in [0.717, 1.165) is 11.3 Å². The van der Waals surface area contributed by atoms with Gasteiger partial charge >= 0.3 is 0 Å². The number of non-ortho nitro benzene ring substituents is 1. The van der Waals surface area contributed by atoms with Crippen LogP contribution in [0.25, 0.3) is 0 Å². The summed E-state index contributed by atoms with van der Waals surface area (Å²) in [5, 5.41) is 10.4. The second-order valence-corrected chi connectivity index (χ2v) is 2.49. The van der Waals surface area contributed by atoms with E-state index in [-0.39, 0.29) is 5.69 Å². The van der Waals surface area contributed by atoms with Gasteiger partial charge in [-0.05, 0) is 6.07 Å². The van der Waals surface area contributed by atoms with Crippen LogP contribution in [0.1, 0.15) is 5.56 Å². The number of ether oxygens (including phenoxy) is 1. The van der Waals surface area contributed by atoms with E-state index in [4.69, 9.17) is 4.74 Å². The van der Waals surface area contributed by atoms with Gasteiger partial charge in [0, 0.05) is 24.1 Å². The van der Waals surface area contributed by atoms with Gasteiger partial charge in [0.25, 0.3) is 5.69 Å². The number of fused-ring (bicyclic) bond motifs is 1. The van der Waals surface area contributed by atoms with E-state index in [1.165, 1.54) is 12.1 Å². The van der Waals surface area contributed by atoms with E-state index < -0.39 is 4.92 Å². The Morgan fingerprint density at radius 2 is 2.33 bits per heavy atom. The lowest BCUT2D eigenvalue weighted by Crippen LogP contribution is -1.87. The van der Waals surface area contributed by atoms with Gasteiger partial charge in [0.1, 0.15) is 5.75 Å². The van der Waals surface area contributed by atoms with Crippen LogP contribution in [-0.4, -0.2) is 11.5 Å². The van der Waals surface area contributed by atoms with Gasteiger partial charge in [-0.2, -0.15) is 0 Å². The second kappa shape index (κ2) is 2.48. The van der Waals surface area contributed by atoms with Crippen LogP contribution in [0.15, 0.2) is 18.2 Å². The van der Waals surface area contributed by atoms with E-state index in [1.807, 2.05) is 6.42 Å². The van der Waals surface area contributed by atoms with Gasteiger partial charge in [0.15, 0.2) is 0 Å². The van der Waals surface area contributed by atoms with Gasteiger partial charge in [-0.15, -0.1) is 0 Å². The molecule has 1 heterocycles. The Kier molecular flexibility index (Phi) is 1.46. The first-order valence-corrected chi connectivity index (χ1v) is 3.52. The van der Waals surface area contributed by atoms with Crippen molar-refractivity contribution in [3.05, 3.63) is 40.3 Å². The number of hydrogen-bond donors (Lipinski definition) is 0. The SMILES string of the molecule is O=[N+]([O-])c1ccc2c(c1)[CH]CO2. The van der Waals surface area contributed by atoms with Crippen LogP contribution >= 0.6 is 0 Å². The molecule has 1 aromatic carbocycles. The fourth-order valence-electron chi connectivity index (χ4n) is 1.16. The highest BCUT2D eigenvalue weighted by atomic mass is 16.6. The first-order valence-electron chi connectivity index (χ1n) is 3.52. The van der Waals surface area contributed by atoms with E-state index >= 15 is 0 Å². The molecule has 1 aliphatic heterocycles. The van der Waals surface area contributed by atoms with Crippen molar-refractivity contribution in [3.8, 4) is 5.75 Å². The average molecular weight is 164 g/mol. The molecule has 0 atom stereocenters.